The van der Waals surface area contributed by atoms with Crippen LogP contribution in [0.1, 0.15) is 31.0 Å². The maximum Gasteiger partial charge on any atom is 0.416 e. The summed E-state index contributed by atoms with van der Waals surface area (Å²) in [4.78, 5) is 0. The molecule has 0 fully saturated rings. The summed E-state index contributed by atoms with van der Waals surface area (Å²) in [5.41, 5.74) is 3.90. The van der Waals surface area contributed by atoms with E-state index in [0.29, 0.717) is 25.0 Å². The van der Waals surface area contributed by atoms with Crippen molar-refractivity contribution in [1.29, 1.82) is 5.26 Å². The van der Waals surface area contributed by atoms with Crippen LogP contribution in [0.3, 0.4) is 0 Å². The number of nitriles is 1. The fourth-order valence-electron chi connectivity index (χ4n) is 2.25. The number of rotatable bonds is 6. The molecule has 1 heterocycles. The number of aromatic nitrogens is 2. The summed E-state index contributed by atoms with van der Waals surface area (Å²) in [7, 11) is -3.82. The SMILES string of the molecule is CCCCS(=O)(=O)Nc1c(C#N)nn(-c2c(Cl)cc(C(F)(F)F)cc2Cl)c1N. The van der Waals surface area contributed by atoms with Crippen molar-refractivity contribution in [2.24, 2.45) is 0 Å². The Kier molecular flexibility index (Phi) is 6.37. The van der Waals surface area contributed by atoms with E-state index in [1.54, 1.807) is 13.0 Å². The van der Waals surface area contributed by atoms with Crippen molar-refractivity contribution in [2.75, 3.05) is 16.2 Å². The molecule has 152 valence electrons. The summed E-state index contributed by atoms with van der Waals surface area (Å²) < 4.78 is 65.9. The molecule has 3 N–H and O–H groups in total. The van der Waals surface area contributed by atoms with E-state index in [2.05, 4.69) is 9.82 Å². The van der Waals surface area contributed by atoms with Crippen molar-refractivity contribution in [3.63, 3.8) is 0 Å². The Morgan fingerprint density at radius 3 is 2.36 bits per heavy atom. The average Bonchev–Trinajstić information content (AvgIpc) is 2.87. The molecule has 28 heavy (non-hydrogen) atoms. The molecule has 0 unspecified atom stereocenters. The number of nitrogens with two attached hydrogens (primary N) is 1. The molecular weight excluding hydrogens is 442 g/mol. The maximum atomic E-state index is 12.9. The van der Waals surface area contributed by atoms with Crippen LogP contribution in [0.4, 0.5) is 24.7 Å². The molecule has 0 amide bonds. The maximum absolute atomic E-state index is 12.9. The zero-order valence-corrected chi connectivity index (χ0v) is 16.6. The predicted octanol–water partition coefficient (Wildman–Crippen LogP) is 4.19. The number of unbranched alkanes of at least 4 members (excludes halogenated alkanes) is 1. The lowest BCUT2D eigenvalue weighted by molar-refractivity contribution is -0.137. The van der Waals surface area contributed by atoms with Crippen LogP contribution in [0.15, 0.2) is 12.1 Å². The van der Waals surface area contributed by atoms with Crippen molar-refractivity contribution >= 4 is 44.7 Å². The minimum atomic E-state index is -4.68. The van der Waals surface area contributed by atoms with Crippen LogP contribution in [-0.4, -0.2) is 24.0 Å². The number of nitrogen functional groups attached to an aromatic ring is 1. The smallest absolute Gasteiger partial charge is 0.382 e. The molecule has 2 aromatic rings. The van der Waals surface area contributed by atoms with E-state index in [1.165, 1.54) is 0 Å². The fraction of sp³-hybridized carbons (Fsp3) is 0.333. The fourth-order valence-corrected chi connectivity index (χ4v) is 4.18. The third-order valence-corrected chi connectivity index (χ3v) is 5.52. The first-order valence-electron chi connectivity index (χ1n) is 7.77. The van der Waals surface area contributed by atoms with Gasteiger partial charge in [-0.25, -0.2) is 13.1 Å². The van der Waals surface area contributed by atoms with Crippen LogP contribution in [-0.2, 0) is 16.2 Å². The van der Waals surface area contributed by atoms with E-state index >= 15 is 0 Å². The van der Waals surface area contributed by atoms with Gasteiger partial charge in [0, 0.05) is 0 Å². The highest BCUT2D eigenvalue weighted by molar-refractivity contribution is 7.92. The summed E-state index contributed by atoms with van der Waals surface area (Å²) in [5, 5.41) is 12.2. The van der Waals surface area contributed by atoms with Crippen molar-refractivity contribution in [1.82, 2.24) is 9.78 Å². The van der Waals surface area contributed by atoms with Crippen LogP contribution < -0.4 is 10.5 Å². The van der Waals surface area contributed by atoms with Gasteiger partial charge in [0.1, 0.15) is 17.4 Å². The van der Waals surface area contributed by atoms with Crippen molar-refractivity contribution in [2.45, 2.75) is 25.9 Å². The monoisotopic (exact) mass is 455 g/mol. The molecule has 0 radical (unpaired) electrons. The quantitative estimate of drug-likeness (QED) is 0.677. The van der Waals surface area contributed by atoms with Gasteiger partial charge in [0.2, 0.25) is 10.0 Å². The normalized spacial score (nSPS) is 12.0. The van der Waals surface area contributed by atoms with Crippen molar-refractivity contribution in [3.8, 4) is 11.8 Å². The van der Waals surface area contributed by atoms with E-state index in [-0.39, 0.29) is 28.6 Å². The molecule has 0 bridgehead atoms. The number of halogens is 5. The van der Waals surface area contributed by atoms with Gasteiger partial charge in [-0.15, -0.1) is 0 Å². The highest BCUT2D eigenvalue weighted by atomic mass is 35.5. The third-order valence-electron chi connectivity index (χ3n) is 3.61. The molecule has 13 heteroatoms. The van der Waals surface area contributed by atoms with Gasteiger partial charge in [0.15, 0.2) is 11.5 Å². The Labute approximate surface area is 168 Å². The Bertz CT molecular complexity index is 1020. The van der Waals surface area contributed by atoms with Gasteiger partial charge >= 0.3 is 6.18 Å². The van der Waals surface area contributed by atoms with Crippen LogP contribution >= 0.6 is 23.2 Å². The molecule has 1 aromatic heterocycles. The summed E-state index contributed by atoms with van der Waals surface area (Å²) in [6.45, 7) is 1.80. The van der Waals surface area contributed by atoms with Crippen LogP contribution in [0.2, 0.25) is 10.0 Å². The van der Waals surface area contributed by atoms with Gasteiger partial charge in [-0.2, -0.15) is 23.5 Å². The highest BCUT2D eigenvalue weighted by Crippen LogP contribution is 2.39. The molecule has 0 spiro atoms. The van der Waals surface area contributed by atoms with Gasteiger partial charge in [0.25, 0.3) is 0 Å². The first-order chi connectivity index (χ1) is 12.9. The Morgan fingerprint density at radius 2 is 1.89 bits per heavy atom. The number of alkyl halides is 3. The minimum absolute atomic E-state index is 0.208. The lowest BCUT2D eigenvalue weighted by Crippen LogP contribution is -2.18. The second kappa shape index (κ2) is 8.06. The van der Waals surface area contributed by atoms with Crippen molar-refractivity contribution in [3.05, 3.63) is 33.4 Å². The number of hydrogen-bond acceptors (Lipinski definition) is 5. The number of nitrogens with one attached hydrogen (secondary N) is 1. The standard InChI is InChI=1S/C15H14Cl2F3N5O2S/c1-2-3-4-28(26,27)24-12-11(7-21)23-25(14(12)22)13-9(16)5-8(6-10(13)17)15(18,19)20/h5-6,24H,2-4,22H2,1H3. The largest absolute Gasteiger partial charge is 0.416 e. The number of sulfonamides is 1. The van der Waals surface area contributed by atoms with Gasteiger partial charge < -0.3 is 5.73 Å². The first kappa shape index (κ1) is 22.1. The Morgan fingerprint density at radius 1 is 1.32 bits per heavy atom. The van der Waals surface area contributed by atoms with E-state index in [4.69, 9.17) is 28.9 Å². The second-order valence-corrected chi connectivity index (χ2v) is 8.35. The van der Waals surface area contributed by atoms with Crippen LogP contribution in [0.25, 0.3) is 5.69 Å². The molecule has 0 aliphatic carbocycles. The van der Waals surface area contributed by atoms with E-state index in [1.807, 2.05) is 0 Å². The first-order valence-corrected chi connectivity index (χ1v) is 10.2. The molecule has 0 atom stereocenters. The predicted molar refractivity (Wildman–Crippen MR) is 100 cm³/mol. The van der Waals surface area contributed by atoms with Crippen molar-refractivity contribution < 1.29 is 21.6 Å². The molecule has 2 rings (SSSR count). The molecular formula is C15H14Cl2F3N5O2S. The number of hydrogen-bond donors (Lipinski definition) is 2. The topological polar surface area (TPSA) is 114 Å². The van der Waals surface area contributed by atoms with Gasteiger partial charge in [-0.1, -0.05) is 36.5 Å². The lowest BCUT2D eigenvalue weighted by Gasteiger charge is -2.13. The van der Waals surface area contributed by atoms with Gasteiger partial charge in [-0.3, -0.25) is 4.72 Å². The van der Waals surface area contributed by atoms with E-state index in [0.717, 1.165) is 4.68 Å². The molecule has 7 nitrogen and oxygen atoms in total. The number of anilines is 2. The molecule has 1 aromatic carbocycles. The Hall–Kier alpha value is -2.16. The summed E-state index contributed by atoms with van der Waals surface area (Å²) in [6, 6.07) is 2.93. The summed E-state index contributed by atoms with van der Waals surface area (Å²) in [5.74, 6) is -0.555. The highest BCUT2D eigenvalue weighted by Gasteiger charge is 2.33. The molecule has 0 aliphatic heterocycles. The van der Waals surface area contributed by atoms with Crippen LogP contribution in [0, 0.1) is 11.3 Å². The third kappa shape index (κ3) is 4.63. The average molecular weight is 456 g/mol. The molecule has 0 aliphatic rings. The summed E-state index contributed by atoms with van der Waals surface area (Å²) >= 11 is 11.9. The van der Waals surface area contributed by atoms with Gasteiger partial charge in [-0.05, 0) is 18.6 Å². The van der Waals surface area contributed by atoms with Gasteiger partial charge in [0.05, 0.1) is 21.4 Å². The van der Waals surface area contributed by atoms with E-state index < -0.39 is 31.8 Å². The summed E-state index contributed by atoms with van der Waals surface area (Å²) in [6.07, 6.45) is -3.68. The number of benzene rings is 1. The minimum Gasteiger partial charge on any atom is -0.382 e. The lowest BCUT2D eigenvalue weighted by atomic mass is 10.2. The second-order valence-electron chi connectivity index (χ2n) is 5.69. The Balaban J connectivity index is 2.58. The van der Waals surface area contributed by atoms with E-state index in [9.17, 15) is 26.9 Å². The van der Waals surface area contributed by atoms with Crippen LogP contribution in [0.5, 0.6) is 0 Å². The molecule has 0 saturated carbocycles. The number of nitrogens with zero attached hydrogens (tertiary/aromatic N) is 3. The zero-order valence-electron chi connectivity index (χ0n) is 14.3. The zero-order chi connectivity index (χ0) is 21.3. The molecule has 0 saturated heterocycles.